The SMILES string of the molecule is O=C1OC(Nc2nonc2-c2ccc(Cl)cc2)c2ccccc21. The maximum absolute atomic E-state index is 11.9. The molecular formula is C16H10ClN3O3. The molecule has 0 spiro atoms. The molecule has 1 aliphatic rings. The van der Waals surface area contributed by atoms with Gasteiger partial charge in [0.25, 0.3) is 0 Å². The number of benzene rings is 2. The zero-order valence-electron chi connectivity index (χ0n) is 11.7. The molecule has 2 heterocycles. The Labute approximate surface area is 136 Å². The minimum atomic E-state index is -0.628. The molecule has 4 rings (SSSR count). The maximum atomic E-state index is 11.9. The Kier molecular flexibility index (Phi) is 3.24. The van der Waals surface area contributed by atoms with Crippen molar-refractivity contribution in [3.63, 3.8) is 0 Å². The molecule has 0 fully saturated rings. The number of nitrogens with zero attached hydrogens (tertiary/aromatic N) is 2. The van der Waals surface area contributed by atoms with Crippen LogP contribution in [0.2, 0.25) is 5.02 Å². The number of anilines is 1. The van der Waals surface area contributed by atoms with E-state index in [0.29, 0.717) is 22.1 Å². The largest absolute Gasteiger partial charge is 0.434 e. The summed E-state index contributed by atoms with van der Waals surface area (Å²) in [6.45, 7) is 0. The third kappa shape index (κ3) is 2.43. The van der Waals surface area contributed by atoms with E-state index < -0.39 is 6.23 Å². The number of carbonyl (C=O) groups is 1. The van der Waals surface area contributed by atoms with Gasteiger partial charge < -0.3 is 10.1 Å². The summed E-state index contributed by atoms with van der Waals surface area (Å²) in [6.07, 6.45) is -0.628. The highest BCUT2D eigenvalue weighted by atomic mass is 35.5. The Morgan fingerprint density at radius 1 is 1.04 bits per heavy atom. The molecule has 1 atom stereocenters. The van der Waals surface area contributed by atoms with Gasteiger partial charge >= 0.3 is 5.97 Å². The third-order valence-electron chi connectivity index (χ3n) is 3.56. The zero-order chi connectivity index (χ0) is 15.8. The highest BCUT2D eigenvalue weighted by Gasteiger charge is 2.31. The second-order valence-corrected chi connectivity index (χ2v) is 5.42. The minimum absolute atomic E-state index is 0.373. The molecule has 0 aliphatic carbocycles. The van der Waals surface area contributed by atoms with Gasteiger partial charge in [0.15, 0.2) is 5.69 Å². The summed E-state index contributed by atoms with van der Waals surface area (Å²) in [5.74, 6) is 0.0180. The second kappa shape index (κ2) is 5.40. The monoisotopic (exact) mass is 327 g/mol. The molecule has 1 aliphatic heterocycles. The van der Waals surface area contributed by atoms with Gasteiger partial charge in [0.05, 0.1) is 5.56 Å². The lowest BCUT2D eigenvalue weighted by atomic mass is 10.1. The van der Waals surface area contributed by atoms with Crippen molar-refractivity contribution in [2.45, 2.75) is 6.23 Å². The van der Waals surface area contributed by atoms with Gasteiger partial charge in [-0.25, -0.2) is 9.42 Å². The van der Waals surface area contributed by atoms with Gasteiger partial charge in [0.1, 0.15) is 0 Å². The Hall–Kier alpha value is -2.86. The molecule has 0 radical (unpaired) electrons. The topological polar surface area (TPSA) is 77.2 Å². The van der Waals surface area contributed by atoms with Crippen LogP contribution in [0.1, 0.15) is 22.1 Å². The number of fused-ring (bicyclic) bond motifs is 1. The summed E-state index contributed by atoms with van der Waals surface area (Å²) < 4.78 is 10.2. The lowest BCUT2D eigenvalue weighted by Gasteiger charge is -2.12. The van der Waals surface area contributed by atoms with E-state index in [4.69, 9.17) is 21.0 Å². The van der Waals surface area contributed by atoms with E-state index in [2.05, 4.69) is 15.6 Å². The van der Waals surface area contributed by atoms with Crippen LogP contribution in [-0.4, -0.2) is 16.3 Å². The van der Waals surface area contributed by atoms with Crippen molar-refractivity contribution in [1.29, 1.82) is 0 Å². The molecule has 7 heteroatoms. The van der Waals surface area contributed by atoms with Crippen molar-refractivity contribution < 1.29 is 14.2 Å². The first-order chi connectivity index (χ1) is 11.2. The van der Waals surface area contributed by atoms with Crippen LogP contribution >= 0.6 is 11.6 Å². The van der Waals surface area contributed by atoms with Gasteiger partial charge in [-0.3, -0.25) is 0 Å². The number of hydrogen-bond acceptors (Lipinski definition) is 6. The smallest absolute Gasteiger partial charge is 0.340 e. The fraction of sp³-hybridized carbons (Fsp3) is 0.0625. The number of ether oxygens (including phenoxy) is 1. The van der Waals surface area contributed by atoms with Crippen LogP contribution in [0.5, 0.6) is 0 Å². The fourth-order valence-corrected chi connectivity index (χ4v) is 2.58. The Bertz CT molecular complexity index is 876. The van der Waals surface area contributed by atoms with Crippen molar-refractivity contribution in [3.8, 4) is 11.3 Å². The van der Waals surface area contributed by atoms with Crippen LogP contribution in [0, 0.1) is 0 Å². The fourth-order valence-electron chi connectivity index (χ4n) is 2.46. The highest BCUT2D eigenvalue weighted by Crippen LogP contribution is 2.33. The van der Waals surface area contributed by atoms with E-state index >= 15 is 0 Å². The maximum Gasteiger partial charge on any atom is 0.340 e. The van der Waals surface area contributed by atoms with Crippen molar-refractivity contribution in [3.05, 3.63) is 64.7 Å². The molecular weight excluding hydrogens is 318 g/mol. The van der Waals surface area contributed by atoms with E-state index in [1.54, 1.807) is 24.3 Å². The molecule has 0 saturated heterocycles. The van der Waals surface area contributed by atoms with Gasteiger partial charge in [0, 0.05) is 16.1 Å². The Morgan fingerprint density at radius 2 is 1.83 bits per heavy atom. The molecule has 1 unspecified atom stereocenters. The van der Waals surface area contributed by atoms with Gasteiger partial charge in [-0.2, -0.15) is 0 Å². The number of hydrogen-bond donors (Lipinski definition) is 1. The summed E-state index contributed by atoms with van der Waals surface area (Å²) >= 11 is 5.89. The molecule has 1 aromatic heterocycles. The van der Waals surface area contributed by atoms with Gasteiger partial charge in [-0.15, -0.1) is 0 Å². The second-order valence-electron chi connectivity index (χ2n) is 4.99. The minimum Gasteiger partial charge on any atom is -0.434 e. The van der Waals surface area contributed by atoms with Crippen LogP contribution < -0.4 is 5.32 Å². The van der Waals surface area contributed by atoms with Crippen LogP contribution in [-0.2, 0) is 4.74 Å². The first kappa shape index (κ1) is 13.8. The first-order valence-electron chi connectivity index (χ1n) is 6.87. The molecule has 6 nitrogen and oxygen atoms in total. The van der Waals surface area contributed by atoms with E-state index in [0.717, 1.165) is 11.1 Å². The number of carbonyl (C=O) groups excluding carboxylic acids is 1. The van der Waals surface area contributed by atoms with E-state index in [1.165, 1.54) is 0 Å². The predicted octanol–water partition coefficient (Wildman–Crippen LogP) is 3.67. The van der Waals surface area contributed by atoms with Gasteiger partial charge in [0.2, 0.25) is 12.0 Å². The summed E-state index contributed by atoms with van der Waals surface area (Å²) in [7, 11) is 0. The van der Waals surface area contributed by atoms with Crippen LogP contribution in [0.4, 0.5) is 5.82 Å². The van der Waals surface area contributed by atoms with E-state index in [1.807, 2.05) is 24.3 Å². The summed E-state index contributed by atoms with van der Waals surface area (Å²) in [5.41, 5.74) is 2.59. The van der Waals surface area contributed by atoms with E-state index in [9.17, 15) is 4.79 Å². The van der Waals surface area contributed by atoms with Crippen molar-refractivity contribution >= 4 is 23.4 Å². The highest BCUT2D eigenvalue weighted by molar-refractivity contribution is 6.30. The molecule has 2 aromatic carbocycles. The molecule has 3 aromatic rings. The Morgan fingerprint density at radius 3 is 2.65 bits per heavy atom. The summed E-state index contributed by atoms with van der Waals surface area (Å²) in [5, 5.41) is 11.4. The first-order valence-corrected chi connectivity index (χ1v) is 7.25. The number of rotatable bonds is 3. The van der Waals surface area contributed by atoms with Crippen molar-refractivity contribution in [2.24, 2.45) is 0 Å². The lowest BCUT2D eigenvalue weighted by Crippen LogP contribution is -2.11. The molecule has 1 N–H and O–H groups in total. The normalized spacial score (nSPS) is 16.0. The number of esters is 1. The molecule has 0 amide bonds. The standard InChI is InChI=1S/C16H10ClN3O3/c17-10-7-5-9(6-8-10)13-14(20-23-19-13)18-15-11-3-1-2-4-12(11)16(21)22-15/h1-8,15H,(H,18,20). The number of aromatic nitrogens is 2. The van der Waals surface area contributed by atoms with Crippen LogP contribution in [0.25, 0.3) is 11.3 Å². The zero-order valence-corrected chi connectivity index (χ0v) is 12.4. The van der Waals surface area contributed by atoms with Crippen LogP contribution in [0.3, 0.4) is 0 Å². The summed E-state index contributed by atoms with van der Waals surface area (Å²) in [6, 6.07) is 14.3. The van der Waals surface area contributed by atoms with E-state index in [-0.39, 0.29) is 5.97 Å². The quantitative estimate of drug-likeness (QED) is 0.739. The average Bonchev–Trinajstić information content (AvgIpc) is 3.15. The number of cyclic esters (lactones) is 1. The molecule has 0 saturated carbocycles. The number of halogens is 1. The number of nitrogens with one attached hydrogen (secondary N) is 1. The predicted molar refractivity (Wildman–Crippen MR) is 83.0 cm³/mol. The summed E-state index contributed by atoms with van der Waals surface area (Å²) in [4.78, 5) is 11.9. The molecule has 0 bridgehead atoms. The Balaban J connectivity index is 1.65. The van der Waals surface area contributed by atoms with Gasteiger partial charge in [-0.1, -0.05) is 41.9 Å². The van der Waals surface area contributed by atoms with Gasteiger partial charge in [-0.05, 0) is 28.5 Å². The lowest BCUT2D eigenvalue weighted by molar-refractivity contribution is 0.0436. The third-order valence-corrected chi connectivity index (χ3v) is 3.81. The molecule has 23 heavy (non-hydrogen) atoms. The van der Waals surface area contributed by atoms with Crippen LogP contribution in [0.15, 0.2) is 53.2 Å². The van der Waals surface area contributed by atoms with Crippen molar-refractivity contribution in [2.75, 3.05) is 5.32 Å². The average molecular weight is 328 g/mol. The van der Waals surface area contributed by atoms with Crippen molar-refractivity contribution in [1.82, 2.24) is 10.3 Å². The molecule has 114 valence electrons.